The van der Waals surface area contributed by atoms with Crippen molar-refractivity contribution in [3.8, 4) is 11.5 Å². The van der Waals surface area contributed by atoms with Crippen molar-refractivity contribution in [1.82, 2.24) is 14.7 Å². The van der Waals surface area contributed by atoms with E-state index < -0.39 is 12.2 Å². The lowest BCUT2D eigenvalue weighted by Crippen LogP contribution is -2.32. The third-order valence-electron chi connectivity index (χ3n) is 9.33. The lowest BCUT2D eigenvalue weighted by atomic mass is 10.1. The van der Waals surface area contributed by atoms with E-state index in [0.29, 0.717) is 52.5 Å². The topological polar surface area (TPSA) is 106 Å². The summed E-state index contributed by atoms with van der Waals surface area (Å²) in [5, 5.41) is 0. The van der Waals surface area contributed by atoms with E-state index in [1.165, 1.54) is 0 Å². The Labute approximate surface area is 344 Å². The quantitative estimate of drug-likeness (QED) is 0.0701. The monoisotopic (exact) mass is 799 g/mol. The Morgan fingerprint density at radius 3 is 1.21 bits per heavy atom. The van der Waals surface area contributed by atoms with Gasteiger partial charge in [0.15, 0.2) is 0 Å². The number of anilines is 2. The minimum absolute atomic E-state index is 0.137. The first-order valence-corrected chi connectivity index (χ1v) is 19.5. The minimum atomic E-state index is -0.414. The Morgan fingerprint density at radius 1 is 0.466 bits per heavy atom. The standard InChI is InChI=1S/C45H61N5O8/c1-46(2)40-18-14-36(15-19-40)32-49(34-38-10-8-12-42(30-38)53-6)44(51)57-28-26-55-24-22-48(5)23-25-56-27-29-58-45(52)50(35-39-11-9-13-43(31-39)54-7)33-37-16-20-41(21-17-37)47(3)4/h8-21,30-31H,22-29,32-35H2,1-7H3. The predicted octanol–water partition coefficient (Wildman–Crippen LogP) is 6.78. The molecule has 0 fully saturated rings. The molecule has 2 amide bonds. The number of carbonyl (C=O) groups excluding carboxylic acids is 2. The summed E-state index contributed by atoms with van der Waals surface area (Å²) in [5.41, 5.74) is 6.05. The van der Waals surface area contributed by atoms with Gasteiger partial charge in [-0.3, -0.25) is 9.80 Å². The van der Waals surface area contributed by atoms with E-state index in [9.17, 15) is 9.59 Å². The van der Waals surface area contributed by atoms with E-state index in [4.69, 9.17) is 28.4 Å². The SMILES string of the molecule is COc1cccc(CN(Cc2ccc(N(C)C)cc2)C(=O)OCCOCCN(C)CCOCCOC(=O)N(Cc2ccc(N(C)C)cc2)Cc2cccc(OC)c2)c1. The van der Waals surface area contributed by atoms with Crippen molar-refractivity contribution < 1.29 is 38.0 Å². The number of hydrogen-bond donors (Lipinski definition) is 0. The van der Waals surface area contributed by atoms with Gasteiger partial charge in [0.1, 0.15) is 24.7 Å². The molecule has 4 aromatic carbocycles. The van der Waals surface area contributed by atoms with Crippen LogP contribution in [0.1, 0.15) is 22.3 Å². The molecule has 0 atom stereocenters. The van der Waals surface area contributed by atoms with Gasteiger partial charge in [-0.2, -0.15) is 0 Å². The highest BCUT2D eigenvalue weighted by atomic mass is 16.6. The molecule has 4 rings (SSSR count). The molecule has 0 N–H and O–H groups in total. The average molecular weight is 800 g/mol. The first kappa shape index (κ1) is 45.2. The third kappa shape index (κ3) is 15.8. The van der Waals surface area contributed by atoms with Crippen LogP contribution < -0.4 is 19.3 Å². The Kier molecular flexibility index (Phi) is 18.9. The van der Waals surface area contributed by atoms with Crippen LogP contribution in [0.2, 0.25) is 0 Å². The maximum absolute atomic E-state index is 13.2. The fourth-order valence-electron chi connectivity index (χ4n) is 5.91. The molecule has 0 aromatic heterocycles. The number of carbonyl (C=O) groups is 2. The van der Waals surface area contributed by atoms with Crippen LogP contribution in [0.15, 0.2) is 97.1 Å². The van der Waals surface area contributed by atoms with Crippen LogP contribution in [0.25, 0.3) is 0 Å². The molecule has 0 aliphatic carbocycles. The van der Waals surface area contributed by atoms with E-state index in [1.807, 2.05) is 142 Å². The largest absolute Gasteiger partial charge is 0.497 e. The summed E-state index contributed by atoms with van der Waals surface area (Å²) in [5.74, 6) is 1.46. The summed E-state index contributed by atoms with van der Waals surface area (Å²) in [6.07, 6.45) is -0.829. The van der Waals surface area contributed by atoms with E-state index >= 15 is 0 Å². The molecule has 0 saturated carbocycles. The number of likely N-dealkylation sites (N-methyl/N-ethyl adjacent to an activating group) is 1. The highest BCUT2D eigenvalue weighted by Crippen LogP contribution is 2.20. The van der Waals surface area contributed by atoms with Gasteiger partial charge in [0, 0.05) is 78.8 Å². The van der Waals surface area contributed by atoms with Crippen LogP contribution in [0.5, 0.6) is 11.5 Å². The number of methoxy groups -OCH3 is 2. The molecule has 0 radical (unpaired) electrons. The molecule has 314 valence electrons. The third-order valence-corrected chi connectivity index (χ3v) is 9.33. The molecule has 0 bridgehead atoms. The van der Waals surface area contributed by atoms with E-state index in [0.717, 1.165) is 45.1 Å². The molecule has 13 nitrogen and oxygen atoms in total. The van der Waals surface area contributed by atoms with Crippen LogP contribution in [0.3, 0.4) is 0 Å². The van der Waals surface area contributed by atoms with Crippen LogP contribution in [-0.4, -0.2) is 129 Å². The first-order chi connectivity index (χ1) is 28.0. The second-order valence-electron chi connectivity index (χ2n) is 14.3. The molecule has 0 aliphatic heterocycles. The molecule has 0 saturated heterocycles. The van der Waals surface area contributed by atoms with Gasteiger partial charge in [-0.1, -0.05) is 48.5 Å². The van der Waals surface area contributed by atoms with Gasteiger partial charge < -0.3 is 43.1 Å². The number of amides is 2. The van der Waals surface area contributed by atoms with Gasteiger partial charge >= 0.3 is 12.2 Å². The molecule has 0 aliphatic rings. The lowest BCUT2D eigenvalue weighted by Gasteiger charge is -2.23. The molecule has 0 spiro atoms. The van der Waals surface area contributed by atoms with Crippen molar-refractivity contribution in [3.63, 3.8) is 0 Å². The van der Waals surface area contributed by atoms with Crippen molar-refractivity contribution in [2.45, 2.75) is 26.2 Å². The highest BCUT2D eigenvalue weighted by Gasteiger charge is 2.19. The van der Waals surface area contributed by atoms with Crippen LogP contribution in [0, 0.1) is 0 Å². The number of ether oxygens (including phenoxy) is 6. The van der Waals surface area contributed by atoms with Crippen molar-refractivity contribution in [2.24, 2.45) is 0 Å². The number of hydrogen-bond acceptors (Lipinski definition) is 11. The predicted molar refractivity (Wildman–Crippen MR) is 228 cm³/mol. The van der Waals surface area contributed by atoms with Crippen LogP contribution >= 0.6 is 0 Å². The number of nitrogens with zero attached hydrogens (tertiary/aromatic N) is 5. The van der Waals surface area contributed by atoms with Gasteiger partial charge in [-0.05, 0) is 77.8 Å². The average Bonchev–Trinajstić information content (AvgIpc) is 3.23. The van der Waals surface area contributed by atoms with Gasteiger partial charge in [0.05, 0.1) is 40.6 Å². The van der Waals surface area contributed by atoms with Crippen molar-refractivity contribution in [2.75, 3.05) is 112 Å². The number of rotatable bonds is 24. The Morgan fingerprint density at radius 2 is 0.845 bits per heavy atom. The molecular formula is C45H61N5O8. The second kappa shape index (κ2) is 24.3. The molecule has 0 heterocycles. The van der Waals surface area contributed by atoms with Gasteiger partial charge in [0.2, 0.25) is 0 Å². The maximum atomic E-state index is 13.2. The van der Waals surface area contributed by atoms with Crippen molar-refractivity contribution in [3.05, 3.63) is 119 Å². The van der Waals surface area contributed by atoms with E-state index in [1.54, 1.807) is 24.0 Å². The van der Waals surface area contributed by atoms with E-state index in [2.05, 4.69) is 4.90 Å². The fourth-order valence-corrected chi connectivity index (χ4v) is 5.91. The zero-order chi connectivity index (χ0) is 41.7. The Balaban J connectivity index is 1.13. The first-order valence-electron chi connectivity index (χ1n) is 19.5. The fraction of sp³-hybridized carbons (Fsp3) is 0.422. The van der Waals surface area contributed by atoms with Crippen molar-refractivity contribution >= 4 is 23.6 Å². The summed E-state index contributed by atoms with van der Waals surface area (Å²) in [4.78, 5) is 36.0. The minimum Gasteiger partial charge on any atom is -0.497 e. The molecule has 13 heteroatoms. The summed E-state index contributed by atoms with van der Waals surface area (Å²) < 4.78 is 33.6. The lowest BCUT2D eigenvalue weighted by molar-refractivity contribution is 0.0350. The molecule has 58 heavy (non-hydrogen) atoms. The molecular weight excluding hydrogens is 739 g/mol. The molecule has 4 aromatic rings. The zero-order valence-corrected chi connectivity index (χ0v) is 35.2. The van der Waals surface area contributed by atoms with Crippen LogP contribution in [0.4, 0.5) is 21.0 Å². The highest BCUT2D eigenvalue weighted by molar-refractivity contribution is 5.68. The smallest absolute Gasteiger partial charge is 0.410 e. The summed E-state index contributed by atoms with van der Waals surface area (Å²) >= 11 is 0. The maximum Gasteiger partial charge on any atom is 0.410 e. The van der Waals surface area contributed by atoms with Crippen LogP contribution in [-0.2, 0) is 45.1 Å². The zero-order valence-electron chi connectivity index (χ0n) is 35.2. The number of benzene rings is 4. The Bertz CT molecular complexity index is 1670. The van der Waals surface area contributed by atoms with Gasteiger partial charge in [0.25, 0.3) is 0 Å². The second-order valence-corrected chi connectivity index (χ2v) is 14.3. The Hall–Kier alpha value is -5.50. The van der Waals surface area contributed by atoms with E-state index in [-0.39, 0.29) is 26.4 Å². The van der Waals surface area contributed by atoms with Gasteiger partial charge in [-0.25, -0.2) is 9.59 Å². The normalized spacial score (nSPS) is 10.9. The summed E-state index contributed by atoms with van der Waals surface area (Å²) in [6, 6.07) is 31.6. The summed E-state index contributed by atoms with van der Waals surface area (Å²) in [6.45, 7) is 4.66. The summed E-state index contributed by atoms with van der Waals surface area (Å²) in [7, 11) is 13.2. The van der Waals surface area contributed by atoms with Crippen molar-refractivity contribution in [1.29, 1.82) is 0 Å². The molecule has 0 unspecified atom stereocenters. The van der Waals surface area contributed by atoms with Gasteiger partial charge in [-0.15, -0.1) is 0 Å².